The number of ether oxygens (including phenoxy) is 2. The van der Waals surface area contributed by atoms with E-state index in [4.69, 9.17) is 14.0 Å². The van der Waals surface area contributed by atoms with Crippen LogP contribution in [0.3, 0.4) is 0 Å². The first kappa shape index (κ1) is 15.0. The van der Waals surface area contributed by atoms with Gasteiger partial charge in [0.2, 0.25) is 0 Å². The van der Waals surface area contributed by atoms with Gasteiger partial charge in [0.1, 0.15) is 17.2 Å². The number of benzene rings is 3. The molecule has 1 unspecified atom stereocenters. The van der Waals surface area contributed by atoms with Gasteiger partial charge in [-0.15, -0.1) is 0 Å². The molecule has 4 heteroatoms. The fourth-order valence-corrected chi connectivity index (χ4v) is 4.35. The Bertz CT molecular complexity index is 726. The van der Waals surface area contributed by atoms with Crippen molar-refractivity contribution in [1.29, 1.82) is 0 Å². The Hall–Kier alpha value is -2.51. The van der Waals surface area contributed by atoms with Crippen molar-refractivity contribution in [2.75, 3.05) is 0 Å². The standard InChI is InChI=1S/C20H17O3P/c1-3-10-17(11-4-1)21-20(22-18-12-5-2-6-13-18)24-15-16-9-7-8-14-19(16)23-24/h1-14,20H,15H2. The molecule has 0 amide bonds. The third-order valence-electron chi connectivity index (χ3n) is 3.71. The molecular weight excluding hydrogens is 319 g/mol. The fourth-order valence-electron chi connectivity index (χ4n) is 2.54. The molecule has 1 atom stereocenters. The minimum Gasteiger partial charge on any atom is -0.466 e. The molecule has 0 saturated carbocycles. The third-order valence-corrected chi connectivity index (χ3v) is 5.47. The summed E-state index contributed by atoms with van der Waals surface area (Å²) >= 11 is 0. The van der Waals surface area contributed by atoms with Gasteiger partial charge in [0.05, 0.1) is 0 Å². The summed E-state index contributed by atoms with van der Waals surface area (Å²) in [6, 6.07) is 27.1. The van der Waals surface area contributed by atoms with E-state index in [9.17, 15) is 0 Å². The smallest absolute Gasteiger partial charge is 0.295 e. The first-order valence-corrected chi connectivity index (χ1v) is 9.36. The highest BCUT2D eigenvalue weighted by Gasteiger charge is 2.34. The van der Waals surface area contributed by atoms with Gasteiger partial charge in [-0.25, -0.2) is 0 Å². The van der Waals surface area contributed by atoms with Gasteiger partial charge < -0.3 is 14.0 Å². The lowest BCUT2D eigenvalue weighted by Crippen LogP contribution is -2.23. The lowest BCUT2D eigenvalue weighted by molar-refractivity contribution is 0.0732. The number of fused-ring (bicyclic) bond motifs is 1. The Labute approximate surface area is 142 Å². The van der Waals surface area contributed by atoms with E-state index in [-0.39, 0.29) is 0 Å². The van der Waals surface area contributed by atoms with Crippen LogP contribution in [0.25, 0.3) is 0 Å². The predicted molar refractivity (Wildman–Crippen MR) is 95.6 cm³/mol. The molecule has 0 radical (unpaired) electrons. The maximum Gasteiger partial charge on any atom is 0.295 e. The Balaban J connectivity index is 1.56. The number of para-hydroxylation sites is 3. The Morgan fingerprint density at radius 2 is 1.25 bits per heavy atom. The molecule has 1 aliphatic rings. The zero-order valence-corrected chi connectivity index (χ0v) is 13.9. The van der Waals surface area contributed by atoms with Crippen LogP contribution in [0.5, 0.6) is 17.2 Å². The molecule has 0 fully saturated rings. The molecule has 3 aromatic carbocycles. The van der Waals surface area contributed by atoms with E-state index in [1.807, 2.05) is 78.9 Å². The minimum absolute atomic E-state index is 0.461. The van der Waals surface area contributed by atoms with Crippen molar-refractivity contribution in [3.05, 3.63) is 90.5 Å². The minimum atomic E-state index is -0.927. The van der Waals surface area contributed by atoms with Crippen molar-refractivity contribution in [1.82, 2.24) is 0 Å². The summed E-state index contributed by atoms with van der Waals surface area (Å²) in [6.07, 6.45) is 0.829. The summed E-state index contributed by atoms with van der Waals surface area (Å²) in [7, 11) is -0.927. The van der Waals surface area contributed by atoms with Crippen LogP contribution in [0.15, 0.2) is 84.9 Å². The highest BCUT2D eigenvalue weighted by Crippen LogP contribution is 2.54. The van der Waals surface area contributed by atoms with Gasteiger partial charge in [0.25, 0.3) is 6.03 Å². The van der Waals surface area contributed by atoms with Crippen molar-refractivity contribution in [2.24, 2.45) is 0 Å². The molecular formula is C20H17O3P. The third kappa shape index (κ3) is 3.37. The van der Waals surface area contributed by atoms with Crippen LogP contribution in [0, 0.1) is 0 Å². The SMILES string of the molecule is c1ccc(OC(Oc2ccccc2)P2Cc3ccccc3O2)cc1. The van der Waals surface area contributed by atoms with E-state index in [1.54, 1.807) is 0 Å². The van der Waals surface area contributed by atoms with Crippen molar-refractivity contribution >= 4 is 8.15 Å². The highest BCUT2D eigenvalue weighted by molar-refractivity contribution is 7.53. The summed E-state index contributed by atoms with van der Waals surface area (Å²) in [6.45, 7) is 0. The van der Waals surface area contributed by atoms with Gasteiger partial charge in [-0.2, -0.15) is 0 Å². The Kier molecular flexibility index (Phi) is 4.35. The van der Waals surface area contributed by atoms with E-state index < -0.39 is 14.2 Å². The molecule has 1 heterocycles. The maximum atomic E-state index is 6.13. The van der Waals surface area contributed by atoms with Crippen LogP contribution in [0.2, 0.25) is 0 Å². The summed E-state index contributed by atoms with van der Waals surface area (Å²) in [5.74, 6) is 2.49. The average Bonchev–Trinajstić information content (AvgIpc) is 3.07. The molecule has 1 aliphatic heterocycles. The Morgan fingerprint density at radius 1 is 0.708 bits per heavy atom. The fraction of sp³-hybridized carbons (Fsp3) is 0.100. The summed E-state index contributed by atoms with van der Waals surface area (Å²) in [5, 5.41) is 0. The van der Waals surface area contributed by atoms with Gasteiger partial charge in [0.15, 0.2) is 8.15 Å². The van der Waals surface area contributed by atoms with E-state index in [0.29, 0.717) is 0 Å². The van der Waals surface area contributed by atoms with E-state index in [2.05, 4.69) is 6.07 Å². The molecule has 3 nitrogen and oxygen atoms in total. The van der Waals surface area contributed by atoms with Crippen molar-refractivity contribution in [2.45, 2.75) is 12.2 Å². The van der Waals surface area contributed by atoms with Crippen LogP contribution in [0.1, 0.15) is 5.56 Å². The first-order chi connectivity index (χ1) is 11.9. The molecule has 0 aliphatic carbocycles. The normalized spacial score (nSPS) is 15.6. The molecule has 120 valence electrons. The molecule has 4 rings (SSSR count). The molecule has 0 aromatic heterocycles. The molecule has 0 N–H and O–H groups in total. The topological polar surface area (TPSA) is 27.7 Å². The van der Waals surface area contributed by atoms with Crippen LogP contribution in [0.4, 0.5) is 0 Å². The second kappa shape index (κ2) is 6.94. The van der Waals surface area contributed by atoms with Crippen LogP contribution < -0.4 is 14.0 Å². The lowest BCUT2D eigenvalue weighted by Gasteiger charge is -2.24. The predicted octanol–water partition coefficient (Wildman–Crippen LogP) is 5.42. The zero-order valence-electron chi connectivity index (χ0n) is 13.0. The molecule has 0 saturated heterocycles. The van der Waals surface area contributed by atoms with Crippen molar-refractivity contribution < 1.29 is 14.0 Å². The molecule has 3 aromatic rings. The number of hydrogen-bond acceptors (Lipinski definition) is 3. The summed E-state index contributed by atoms with van der Waals surface area (Å²) in [5.41, 5.74) is 1.21. The summed E-state index contributed by atoms with van der Waals surface area (Å²) < 4.78 is 18.4. The molecule has 0 spiro atoms. The maximum absolute atomic E-state index is 6.13. The van der Waals surface area contributed by atoms with E-state index >= 15 is 0 Å². The average molecular weight is 336 g/mol. The van der Waals surface area contributed by atoms with Gasteiger partial charge in [-0.3, -0.25) is 0 Å². The second-order valence-electron chi connectivity index (χ2n) is 5.44. The largest absolute Gasteiger partial charge is 0.466 e. The quantitative estimate of drug-likeness (QED) is 0.460. The second-order valence-corrected chi connectivity index (χ2v) is 7.20. The van der Waals surface area contributed by atoms with Crippen molar-refractivity contribution in [3.63, 3.8) is 0 Å². The lowest BCUT2D eigenvalue weighted by atomic mass is 10.2. The number of rotatable bonds is 5. The van der Waals surface area contributed by atoms with Crippen LogP contribution in [-0.4, -0.2) is 6.03 Å². The summed E-state index contributed by atoms with van der Waals surface area (Å²) in [4.78, 5) is 0. The van der Waals surface area contributed by atoms with Crippen LogP contribution in [-0.2, 0) is 6.16 Å². The van der Waals surface area contributed by atoms with Gasteiger partial charge >= 0.3 is 0 Å². The van der Waals surface area contributed by atoms with E-state index in [0.717, 1.165) is 23.4 Å². The Morgan fingerprint density at radius 3 is 1.83 bits per heavy atom. The van der Waals surface area contributed by atoms with Crippen LogP contribution >= 0.6 is 8.15 Å². The molecule has 24 heavy (non-hydrogen) atoms. The first-order valence-electron chi connectivity index (χ1n) is 7.84. The van der Waals surface area contributed by atoms with Gasteiger partial charge in [0, 0.05) is 11.7 Å². The van der Waals surface area contributed by atoms with Gasteiger partial charge in [-0.1, -0.05) is 54.6 Å². The number of hydrogen-bond donors (Lipinski definition) is 0. The highest BCUT2D eigenvalue weighted by atomic mass is 31.1. The van der Waals surface area contributed by atoms with E-state index in [1.165, 1.54) is 5.56 Å². The monoisotopic (exact) mass is 336 g/mol. The zero-order chi connectivity index (χ0) is 16.2. The van der Waals surface area contributed by atoms with Crippen molar-refractivity contribution in [3.8, 4) is 17.2 Å². The molecule has 0 bridgehead atoms. The van der Waals surface area contributed by atoms with Gasteiger partial charge in [-0.05, 0) is 30.3 Å².